The highest BCUT2D eigenvalue weighted by Gasteiger charge is 2.37. The second-order valence-electron chi connectivity index (χ2n) is 4.19. The van der Waals surface area contributed by atoms with Gasteiger partial charge in [0, 0.05) is 5.38 Å². The van der Waals surface area contributed by atoms with Crippen LogP contribution < -0.4 is 11.1 Å². The molecule has 0 saturated heterocycles. The summed E-state index contributed by atoms with van der Waals surface area (Å²) in [5.74, 6) is -0.0981. The van der Waals surface area contributed by atoms with Gasteiger partial charge in [0.2, 0.25) is 5.91 Å². The summed E-state index contributed by atoms with van der Waals surface area (Å²) in [5, 5.41) is 14.3. The SMILES string of the molecule is Nc1nc(CC(=O)NC2(CO)CCC2)cs1. The number of nitrogens with zero attached hydrogens (tertiary/aromatic N) is 1. The number of rotatable bonds is 4. The number of amides is 1. The van der Waals surface area contributed by atoms with Crippen molar-refractivity contribution in [2.75, 3.05) is 12.3 Å². The van der Waals surface area contributed by atoms with Gasteiger partial charge in [-0.05, 0) is 19.3 Å². The summed E-state index contributed by atoms with van der Waals surface area (Å²) in [6.07, 6.45) is 3.00. The molecule has 16 heavy (non-hydrogen) atoms. The third-order valence-corrected chi connectivity index (χ3v) is 3.65. The Balaban J connectivity index is 1.89. The first-order valence-electron chi connectivity index (χ1n) is 5.25. The zero-order chi connectivity index (χ0) is 11.6. The van der Waals surface area contributed by atoms with E-state index < -0.39 is 0 Å². The van der Waals surface area contributed by atoms with Gasteiger partial charge in [-0.1, -0.05) is 0 Å². The highest BCUT2D eigenvalue weighted by Crippen LogP contribution is 2.31. The van der Waals surface area contributed by atoms with Crippen LogP contribution in [0.1, 0.15) is 25.0 Å². The van der Waals surface area contributed by atoms with E-state index >= 15 is 0 Å². The highest BCUT2D eigenvalue weighted by molar-refractivity contribution is 7.13. The molecule has 0 spiro atoms. The first-order chi connectivity index (χ1) is 7.63. The van der Waals surface area contributed by atoms with Gasteiger partial charge in [0.15, 0.2) is 5.13 Å². The number of carbonyl (C=O) groups excluding carboxylic acids is 1. The Hall–Kier alpha value is -1.14. The minimum Gasteiger partial charge on any atom is -0.394 e. The molecule has 1 aliphatic carbocycles. The first kappa shape index (κ1) is 11.3. The standard InChI is InChI=1S/C10H15N3O2S/c11-9-12-7(5-16-9)4-8(15)13-10(6-14)2-1-3-10/h5,14H,1-4,6H2,(H2,11,12)(H,13,15). The Morgan fingerprint density at radius 2 is 2.44 bits per heavy atom. The van der Waals surface area contributed by atoms with Crippen LogP contribution in [0.15, 0.2) is 5.38 Å². The molecule has 2 rings (SSSR count). The average molecular weight is 241 g/mol. The fraction of sp³-hybridized carbons (Fsp3) is 0.600. The lowest BCUT2D eigenvalue weighted by Gasteiger charge is -2.40. The number of hydrogen-bond acceptors (Lipinski definition) is 5. The summed E-state index contributed by atoms with van der Waals surface area (Å²) in [6.45, 7) is 0.0118. The number of carbonyl (C=O) groups is 1. The number of aliphatic hydroxyl groups excluding tert-OH is 1. The van der Waals surface area contributed by atoms with E-state index in [0.717, 1.165) is 19.3 Å². The van der Waals surface area contributed by atoms with Crippen molar-refractivity contribution >= 4 is 22.4 Å². The van der Waals surface area contributed by atoms with Gasteiger partial charge in [0.25, 0.3) is 0 Å². The molecule has 1 amide bonds. The molecule has 5 nitrogen and oxygen atoms in total. The molecule has 88 valence electrons. The normalized spacial score (nSPS) is 17.8. The van der Waals surface area contributed by atoms with Gasteiger partial charge >= 0.3 is 0 Å². The van der Waals surface area contributed by atoms with Crippen LogP contribution in [0.2, 0.25) is 0 Å². The van der Waals surface area contributed by atoms with Crippen LogP contribution in [0.3, 0.4) is 0 Å². The van der Waals surface area contributed by atoms with Gasteiger partial charge in [-0.2, -0.15) is 0 Å². The number of nitrogens with two attached hydrogens (primary N) is 1. The van der Waals surface area contributed by atoms with Crippen molar-refractivity contribution in [2.24, 2.45) is 0 Å². The molecule has 1 heterocycles. The number of thiazole rings is 1. The summed E-state index contributed by atoms with van der Waals surface area (Å²) in [4.78, 5) is 15.7. The third-order valence-electron chi connectivity index (χ3n) is 2.93. The van der Waals surface area contributed by atoms with Crippen molar-refractivity contribution in [1.29, 1.82) is 0 Å². The van der Waals surface area contributed by atoms with E-state index in [2.05, 4.69) is 10.3 Å². The highest BCUT2D eigenvalue weighted by atomic mass is 32.1. The predicted octanol–water partition coefficient (Wildman–Crippen LogP) is 0.299. The number of hydrogen-bond donors (Lipinski definition) is 3. The van der Waals surface area contributed by atoms with Gasteiger partial charge < -0.3 is 16.2 Å². The van der Waals surface area contributed by atoms with E-state index in [1.54, 1.807) is 5.38 Å². The molecule has 1 aromatic rings. The number of nitrogens with one attached hydrogen (secondary N) is 1. The van der Waals surface area contributed by atoms with E-state index in [1.165, 1.54) is 11.3 Å². The monoisotopic (exact) mass is 241 g/mol. The van der Waals surface area contributed by atoms with E-state index in [-0.39, 0.29) is 24.5 Å². The lowest BCUT2D eigenvalue weighted by Crippen LogP contribution is -2.56. The summed E-state index contributed by atoms with van der Waals surface area (Å²) < 4.78 is 0. The summed E-state index contributed by atoms with van der Waals surface area (Å²) >= 11 is 1.33. The molecule has 1 aliphatic rings. The van der Waals surface area contributed by atoms with Crippen molar-refractivity contribution < 1.29 is 9.90 Å². The summed E-state index contributed by atoms with van der Waals surface area (Å²) in [6, 6.07) is 0. The molecule has 0 radical (unpaired) electrons. The molecule has 1 saturated carbocycles. The number of anilines is 1. The smallest absolute Gasteiger partial charge is 0.226 e. The Kier molecular flexibility index (Phi) is 3.11. The predicted molar refractivity (Wildman–Crippen MR) is 62.0 cm³/mol. The number of nitrogen functional groups attached to an aromatic ring is 1. The topological polar surface area (TPSA) is 88.2 Å². The van der Waals surface area contributed by atoms with Crippen LogP contribution in [0.4, 0.5) is 5.13 Å². The van der Waals surface area contributed by atoms with Crippen LogP contribution in [-0.2, 0) is 11.2 Å². The molecule has 0 atom stereocenters. The van der Waals surface area contributed by atoms with Crippen LogP contribution in [-0.4, -0.2) is 28.1 Å². The molecular weight excluding hydrogens is 226 g/mol. The van der Waals surface area contributed by atoms with E-state index in [0.29, 0.717) is 10.8 Å². The van der Waals surface area contributed by atoms with Crippen LogP contribution in [0.25, 0.3) is 0 Å². The number of aliphatic hydroxyl groups is 1. The molecule has 0 aromatic carbocycles. The Bertz CT molecular complexity index is 382. The van der Waals surface area contributed by atoms with Crippen LogP contribution >= 0.6 is 11.3 Å². The maximum absolute atomic E-state index is 11.7. The quantitative estimate of drug-likeness (QED) is 0.707. The van der Waals surface area contributed by atoms with E-state index in [1.807, 2.05) is 0 Å². The second-order valence-corrected chi connectivity index (χ2v) is 5.08. The third kappa shape index (κ3) is 2.33. The second kappa shape index (κ2) is 4.39. The Labute approximate surface area is 97.7 Å². The molecule has 0 aliphatic heterocycles. The van der Waals surface area contributed by atoms with Crippen LogP contribution in [0.5, 0.6) is 0 Å². The lowest BCUT2D eigenvalue weighted by atomic mass is 9.77. The van der Waals surface area contributed by atoms with Gasteiger partial charge in [-0.25, -0.2) is 4.98 Å². The summed E-state index contributed by atoms with van der Waals surface area (Å²) in [5.41, 5.74) is 5.79. The molecule has 6 heteroatoms. The van der Waals surface area contributed by atoms with E-state index in [9.17, 15) is 9.90 Å². The van der Waals surface area contributed by atoms with Gasteiger partial charge in [0.05, 0.1) is 24.3 Å². The van der Waals surface area contributed by atoms with E-state index in [4.69, 9.17) is 5.73 Å². The van der Waals surface area contributed by atoms with Gasteiger partial charge in [-0.15, -0.1) is 11.3 Å². The zero-order valence-corrected chi connectivity index (χ0v) is 9.72. The van der Waals surface area contributed by atoms with Crippen molar-refractivity contribution in [3.8, 4) is 0 Å². The average Bonchev–Trinajstić information content (AvgIpc) is 2.57. The Morgan fingerprint density at radius 3 is 2.88 bits per heavy atom. The summed E-state index contributed by atoms with van der Waals surface area (Å²) in [7, 11) is 0. The van der Waals surface area contributed by atoms with Crippen LogP contribution in [0, 0.1) is 0 Å². The fourth-order valence-corrected chi connectivity index (χ4v) is 2.40. The maximum atomic E-state index is 11.7. The molecule has 1 fully saturated rings. The van der Waals surface area contributed by atoms with Gasteiger partial charge in [0.1, 0.15) is 0 Å². The molecule has 1 aromatic heterocycles. The largest absolute Gasteiger partial charge is 0.394 e. The maximum Gasteiger partial charge on any atom is 0.226 e. The van der Waals surface area contributed by atoms with Crippen molar-refractivity contribution in [2.45, 2.75) is 31.2 Å². The van der Waals surface area contributed by atoms with Crippen molar-refractivity contribution in [1.82, 2.24) is 10.3 Å². The van der Waals surface area contributed by atoms with Crippen molar-refractivity contribution in [3.05, 3.63) is 11.1 Å². The minimum absolute atomic E-state index is 0.0118. The van der Waals surface area contributed by atoms with Gasteiger partial charge in [-0.3, -0.25) is 4.79 Å². The van der Waals surface area contributed by atoms with Crippen molar-refractivity contribution in [3.63, 3.8) is 0 Å². The zero-order valence-electron chi connectivity index (χ0n) is 8.90. The molecule has 4 N–H and O–H groups in total. The number of aromatic nitrogens is 1. The lowest BCUT2D eigenvalue weighted by molar-refractivity contribution is -0.124. The molecular formula is C10H15N3O2S. The molecule has 0 bridgehead atoms. The fourth-order valence-electron chi connectivity index (χ4n) is 1.83. The first-order valence-corrected chi connectivity index (χ1v) is 6.13. The molecule has 0 unspecified atom stereocenters. The Morgan fingerprint density at radius 1 is 1.69 bits per heavy atom. The minimum atomic E-state index is -0.376.